The van der Waals surface area contributed by atoms with Crippen molar-refractivity contribution in [2.24, 2.45) is 0 Å². The smallest absolute Gasteiger partial charge is 0.273 e. The van der Waals surface area contributed by atoms with Gasteiger partial charge in [-0.25, -0.2) is 13.8 Å². The van der Waals surface area contributed by atoms with Crippen LogP contribution in [-0.4, -0.2) is 33.2 Å². The first kappa shape index (κ1) is 20.2. The van der Waals surface area contributed by atoms with Crippen molar-refractivity contribution >= 4 is 16.8 Å². The lowest BCUT2D eigenvalue weighted by atomic mass is 9.97. The summed E-state index contributed by atoms with van der Waals surface area (Å²) in [7, 11) is 1.55. The second-order valence-electron chi connectivity index (χ2n) is 7.90. The van der Waals surface area contributed by atoms with Gasteiger partial charge in [0, 0.05) is 17.5 Å². The van der Waals surface area contributed by atoms with Gasteiger partial charge in [-0.3, -0.25) is 9.89 Å². The minimum atomic E-state index is -2.83. The molecule has 1 aliphatic carbocycles. The number of alkyl halides is 2. The van der Waals surface area contributed by atoms with E-state index in [0.717, 1.165) is 0 Å². The first-order chi connectivity index (χ1) is 15.4. The third-order valence-corrected chi connectivity index (χ3v) is 6.03. The molecule has 164 valence electrons. The predicted octanol–water partition coefficient (Wildman–Crippen LogP) is 4.49. The number of hydrogen-bond acceptors (Lipinski definition) is 4. The number of imidazole rings is 1. The van der Waals surface area contributed by atoms with Crippen LogP contribution in [0.15, 0.2) is 43.0 Å². The Morgan fingerprint density at radius 1 is 1.31 bits per heavy atom. The van der Waals surface area contributed by atoms with Gasteiger partial charge in [0.2, 0.25) is 0 Å². The lowest BCUT2D eigenvalue weighted by Gasteiger charge is -2.19. The number of fused-ring (bicyclic) bond motifs is 2. The maximum absolute atomic E-state index is 14.2. The topological polar surface area (TPSA) is 95.7 Å². The van der Waals surface area contributed by atoms with Crippen molar-refractivity contribution < 1.29 is 18.3 Å². The second-order valence-corrected chi connectivity index (χ2v) is 7.90. The Kier molecular flexibility index (Phi) is 4.69. The molecule has 1 aliphatic rings. The van der Waals surface area contributed by atoms with Crippen LogP contribution in [0.4, 0.5) is 8.78 Å². The van der Waals surface area contributed by atoms with Gasteiger partial charge in [-0.05, 0) is 30.5 Å². The quantitative estimate of drug-likeness (QED) is 0.429. The number of carbonyl (C=O) groups is 1. The molecule has 32 heavy (non-hydrogen) atoms. The van der Waals surface area contributed by atoms with Crippen LogP contribution in [0.25, 0.3) is 22.2 Å². The zero-order valence-corrected chi connectivity index (χ0v) is 17.5. The number of aromatic amines is 2. The first-order valence-corrected chi connectivity index (χ1v) is 10.2. The molecular formula is C23H21F2N5O2. The monoisotopic (exact) mass is 437 g/mol. The molecule has 0 spiro atoms. The van der Waals surface area contributed by atoms with Crippen molar-refractivity contribution in [1.82, 2.24) is 25.5 Å². The molecule has 0 saturated heterocycles. The van der Waals surface area contributed by atoms with E-state index in [0.29, 0.717) is 44.6 Å². The number of methoxy groups -OCH3 is 1. The number of ether oxygens (including phenoxy) is 1. The average molecular weight is 437 g/mol. The maximum atomic E-state index is 14.2. The van der Waals surface area contributed by atoms with E-state index in [2.05, 4.69) is 25.5 Å². The number of nitrogens with zero attached hydrogens (tertiary/aromatic N) is 2. The van der Waals surface area contributed by atoms with Crippen LogP contribution in [0.5, 0.6) is 5.75 Å². The summed E-state index contributed by atoms with van der Waals surface area (Å²) in [6.45, 7) is 1.80. The summed E-state index contributed by atoms with van der Waals surface area (Å²) in [5.41, 5.74) is 3.62. The van der Waals surface area contributed by atoms with Crippen LogP contribution in [0.3, 0.4) is 0 Å². The van der Waals surface area contributed by atoms with Gasteiger partial charge in [-0.1, -0.05) is 18.2 Å². The zero-order chi connectivity index (χ0) is 22.5. The van der Waals surface area contributed by atoms with E-state index in [9.17, 15) is 13.6 Å². The summed E-state index contributed by atoms with van der Waals surface area (Å²) in [4.78, 5) is 20.4. The Bertz CT molecular complexity index is 1310. The molecule has 0 saturated carbocycles. The molecule has 0 radical (unpaired) electrons. The van der Waals surface area contributed by atoms with E-state index in [-0.39, 0.29) is 24.3 Å². The highest BCUT2D eigenvalue weighted by atomic mass is 19.3. The Balaban J connectivity index is 1.53. The van der Waals surface area contributed by atoms with Gasteiger partial charge in [0.25, 0.3) is 11.8 Å². The summed E-state index contributed by atoms with van der Waals surface area (Å²) in [6.07, 6.45) is 4.86. The number of benzene rings is 2. The van der Waals surface area contributed by atoms with Crippen molar-refractivity contribution in [2.75, 3.05) is 7.11 Å². The fraction of sp³-hybridized carbons (Fsp3) is 0.261. The summed E-state index contributed by atoms with van der Waals surface area (Å²) in [6, 6.07) is 6.13. The molecule has 2 aromatic heterocycles. The summed E-state index contributed by atoms with van der Waals surface area (Å²) in [5, 5.41) is 10.6. The largest absolute Gasteiger partial charge is 0.495 e. The molecule has 1 amide bonds. The summed E-state index contributed by atoms with van der Waals surface area (Å²) < 4.78 is 33.9. The van der Waals surface area contributed by atoms with E-state index >= 15 is 0 Å². The van der Waals surface area contributed by atoms with Crippen LogP contribution in [-0.2, 0) is 12.3 Å². The van der Waals surface area contributed by atoms with Gasteiger partial charge in [0.05, 0.1) is 54.0 Å². The number of amides is 1. The van der Waals surface area contributed by atoms with Crippen LogP contribution >= 0.6 is 0 Å². The highest BCUT2D eigenvalue weighted by molar-refractivity contribution is 6.09. The zero-order valence-electron chi connectivity index (χ0n) is 17.5. The Hall–Kier alpha value is -3.75. The number of nitrogens with one attached hydrogen (secondary N) is 3. The van der Waals surface area contributed by atoms with Crippen LogP contribution < -0.4 is 10.1 Å². The van der Waals surface area contributed by atoms with Crippen molar-refractivity contribution in [1.29, 1.82) is 0 Å². The Labute approximate surface area is 182 Å². The van der Waals surface area contributed by atoms with E-state index < -0.39 is 12.0 Å². The highest BCUT2D eigenvalue weighted by Gasteiger charge is 2.40. The van der Waals surface area contributed by atoms with Crippen molar-refractivity contribution in [3.05, 3.63) is 65.2 Å². The molecule has 0 bridgehead atoms. The molecule has 7 nitrogen and oxygen atoms in total. The fourth-order valence-electron chi connectivity index (χ4n) is 4.49. The van der Waals surface area contributed by atoms with E-state index in [1.165, 1.54) is 6.07 Å². The first-order valence-electron chi connectivity index (χ1n) is 10.2. The molecule has 2 aromatic carbocycles. The van der Waals surface area contributed by atoms with Crippen molar-refractivity contribution in [3.63, 3.8) is 0 Å². The number of rotatable bonds is 5. The molecule has 1 unspecified atom stereocenters. The van der Waals surface area contributed by atoms with Gasteiger partial charge in [-0.2, -0.15) is 5.10 Å². The lowest BCUT2D eigenvalue weighted by molar-refractivity contribution is -0.00185. The van der Waals surface area contributed by atoms with Gasteiger partial charge >= 0.3 is 0 Å². The molecule has 1 atom stereocenters. The minimum Gasteiger partial charge on any atom is -0.495 e. The molecule has 9 heteroatoms. The number of H-pyrrole nitrogens is 2. The van der Waals surface area contributed by atoms with Gasteiger partial charge in [0.15, 0.2) is 0 Å². The third kappa shape index (κ3) is 3.12. The normalized spacial score (nSPS) is 15.5. The summed E-state index contributed by atoms with van der Waals surface area (Å²) in [5.74, 6) is -2.62. The molecule has 4 aromatic rings. The summed E-state index contributed by atoms with van der Waals surface area (Å²) >= 11 is 0. The predicted molar refractivity (Wildman–Crippen MR) is 115 cm³/mol. The van der Waals surface area contributed by atoms with Gasteiger partial charge in [0.1, 0.15) is 5.75 Å². The minimum absolute atomic E-state index is 0.0537. The van der Waals surface area contributed by atoms with Gasteiger partial charge in [-0.15, -0.1) is 0 Å². The SMILES string of the molecule is COc1c(-c2cnc[nH]2)cc(C(=O)NC(C)c2cccc3c2CCC3(F)F)c2[nH]ncc12. The van der Waals surface area contributed by atoms with Gasteiger partial charge < -0.3 is 15.0 Å². The number of carbonyl (C=O) groups excluding carboxylic acids is 1. The van der Waals surface area contributed by atoms with Crippen LogP contribution in [0, 0.1) is 0 Å². The molecule has 3 N–H and O–H groups in total. The molecular weight excluding hydrogens is 416 g/mol. The van der Waals surface area contributed by atoms with Crippen LogP contribution in [0.1, 0.15) is 46.4 Å². The number of halogens is 2. The van der Waals surface area contributed by atoms with E-state index in [4.69, 9.17) is 4.74 Å². The number of aromatic nitrogens is 4. The molecule has 2 heterocycles. The second kappa shape index (κ2) is 7.44. The Morgan fingerprint density at radius 3 is 2.91 bits per heavy atom. The van der Waals surface area contributed by atoms with Crippen molar-refractivity contribution in [3.8, 4) is 17.0 Å². The Morgan fingerprint density at radius 2 is 2.16 bits per heavy atom. The highest BCUT2D eigenvalue weighted by Crippen LogP contribution is 2.44. The lowest BCUT2D eigenvalue weighted by Crippen LogP contribution is -2.27. The van der Waals surface area contributed by atoms with Crippen molar-refractivity contribution in [2.45, 2.75) is 31.7 Å². The standard InChI is InChI=1S/C23H21F2N5O2/c1-12(13-4-3-5-18-14(13)6-7-23(18,24)25)29-22(31)16-8-15(19-10-26-11-27-19)21(32-2)17-9-28-30-20(16)17/h3-5,8-12H,6-7H2,1-2H3,(H,26,27)(H,28,30)(H,29,31). The fourth-order valence-corrected chi connectivity index (χ4v) is 4.49. The average Bonchev–Trinajstić information content (AvgIpc) is 3.53. The number of hydrogen-bond donors (Lipinski definition) is 3. The van der Waals surface area contributed by atoms with E-state index in [1.807, 2.05) is 0 Å². The third-order valence-electron chi connectivity index (χ3n) is 6.03. The maximum Gasteiger partial charge on any atom is 0.273 e. The molecule has 0 fully saturated rings. The molecule has 5 rings (SSSR count). The van der Waals surface area contributed by atoms with E-state index in [1.54, 1.807) is 51.0 Å². The van der Waals surface area contributed by atoms with Crippen LogP contribution in [0.2, 0.25) is 0 Å². The molecule has 0 aliphatic heterocycles.